The van der Waals surface area contributed by atoms with Crippen LogP contribution in [0.4, 0.5) is 5.69 Å². The van der Waals surface area contributed by atoms with Gasteiger partial charge in [0.2, 0.25) is 5.91 Å². The number of aryl methyl sites for hydroxylation is 1. The Balaban J connectivity index is 1.63. The predicted octanol–water partition coefficient (Wildman–Crippen LogP) is 2.38. The van der Waals surface area contributed by atoms with E-state index in [9.17, 15) is 4.79 Å². The lowest BCUT2D eigenvalue weighted by Crippen LogP contribution is -2.36. The molecule has 0 bridgehead atoms. The third kappa shape index (κ3) is 2.54. The molecule has 1 aliphatic rings. The van der Waals surface area contributed by atoms with Crippen LogP contribution in [0.1, 0.15) is 23.3 Å². The Kier molecular flexibility index (Phi) is 3.46. The number of rotatable bonds is 3. The van der Waals surface area contributed by atoms with Gasteiger partial charge in [-0.05, 0) is 35.7 Å². The van der Waals surface area contributed by atoms with E-state index in [1.807, 2.05) is 29.2 Å². The van der Waals surface area contributed by atoms with E-state index in [4.69, 9.17) is 10.2 Å². The maximum atomic E-state index is 12.2. The highest BCUT2D eigenvalue weighted by Gasteiger charge is 2.21. The largest absolute Gasteiger partial charge is 0.469 e. The first kappa shape index (κ1) is 12.8. The van der Waals surface area contributed by atoms with E-state index in [2.05, 4.69) is 6.07 Å². The minimum atomic E-state index is 0.175. The van der Waals surface area contributed by atoms with Crippen molar-refractivity contribution in [3.63, 3.8) is 0 Å². The highest BCUT2D eigenvalue weighted by molar-refractivity contribution is 5.77. The highest BCUT2D eigenvalue weighted by Crippen LogP contribution is 2.24. The first-order valence-electron chi connectivity index (χ1n) is 6.90. The smallest absolute Gasteiger partial charge is 0.223 e. The van der Waals surface area contributed by atoms with Crippen molar-refractivity contribution in [2.24, 2.45) is 0 Å². The van der Waals surface area contributed by atoms with Crippen LogP contribution in [0.2, 0.25) is 0 Å². The van der Waals surface area contributed by atoms with Crippen LogP contribution in [0.5, 0.6) is 0 Å². The van der Waals surface area contributed by atoms with E-state index in [1.54, 1.807) is 6.26 Å². The van der Waals surface area contributed by atoms with E-state index in [0.29, 0.717) is 19.4 Å². The van der Waals surface area contributed by atoms with Crippen molar-refractivity contribution in [3.8, 4) is 0 Å². The van der Waals surface area contributed by atoms with Gasteiger partial charge in [0.1, 0.15) is 5.76 Å². The number of hydrogen-bond acceptors (Lipinski definition) is 3. The molecule has 1 aromatic carbocycles. The number of anilines is 1. The van der Waals surface area contributed by atoms with E-state index in [-0.39, 0.29) is 5.91 Å². The van der Waals surface area contributed by atoms with Gasteiger partial charge < -0.3 is 15.1 Å². The Bertz CT molecular complexity index is 605. The number of nitrogens with zero attached hydrogens (tertiary/aromatic N) is 1. The molecule has 1 aromatic heterocycles. The molecular weight excluding hydrogens is 252 g/mol. The minimum absolute atomic E-state index is 0.175. The normalized spacial score (nSPS) is 14.1. The van der Waals surface area contributed by atoms with Crippen molar-refractivity contribution in [1.82, 2.24) is 4.90 Å². The summed E-state index contributed by atoms with van der Waals surface area (Å²) in [6.45, 7) is 1.41. The minimum Gasteiger partial charge on any atom is -0.469 e. The van der Waals surface area contributed by atoms with Gasteiger partial charge >= 0.3 is 0 Å². The van der Waals surface area contributed by atoms with Crippen molar-refractivity contribution < 1.29 is 9.21 Å². The molecular formula is C16H18N2O2. The van der Waals surface area contributed by atoms with Crippen LogP contribution in [0, 0.1) is 0 Å². The van der Waals surface area contributed by atoms with Crippen LogP contribution < -0.4 is 5.73 Å². The van der Waals surface area contributed by atoms with Gasteiger partial charge in [0.25, 0.3) is 0 Å². The zero-order valence-electron chi connectivity index (χ0n) is 11.3. The van der Waals surface area contributed by atoms with Gasteiger partial charge in [-0.25, -0.2) is 0 Å². The number of furan rings is 1. The molecule has 3 rings (SSSR count). The Hall–Kier alpha value is -2.23. The molecule has 1 aliphatic heterocycles. The van der Waals surface area contributed by atoms with Gasteiger partial charge in [-0.2, -0.15) is 0 Å². The summed E-state index contributed by atoms with van der Waals surface area (Å²) in [5, 5.41) is 0. The third-order valence-electron chi connectivity index (χ3n) is 3.82. The van der Waals surface area contributed by atoms with Gasteiger partial charge in [-0.3, -0.25) is 4.79 Å². The van der Waals surface area contributed by atoms with Gasteiger partial charge in [-0.1, -0.05) is 12.1 Å². The molecule has 4 nitrogen and oxygen atoms in total. The summed E-state index contributed by atoms with van der Waals surface area (Å²) in [5.74, 6) is 1.04. The number of fused-ring (bicyclic) bond motifs is 1. The van der Waals surface area contributed by atoms with Crippen LogP contribution >= 0.6 is 0 Å². The molecule has 20 heavy (non-hydrogen) atoms. The molecule has 104 valence electrons. The molecule has 0 aliphatic carbocycles. The summed E-state index contributed by atoms with van der Waals surface area (Å²) in [5.41, 5.74) is 9.17. The molecule has 0 saturated carbocycles. The summed E-state index contributed by atoms with van der Waals surface area (Å²) in [6.07, 6.45) is 3.63. The molecule has 2 heterocycles. The standard InChI is InChI=1S/C16H18N2O2/c17-15-5-1-3-12-11-18(9-8-14(12)15)16(19)7-6-13-4-2-10-20-13/h1-5,10H,6-9,11,17H2. The molecule has 1 amide bonds. The summed E-state index contributed by atoms with van der Waals surface area (Å²) in [4.78, 5) is 14.1. The summed E-state index contributed by atoms with van der Waals surface area (Å²) >= 11 is 0. The second-order valence-electron chi connectivity index (χ2n) is 5.13. The lowest BCUT2D eigenvalue weighted by molar-refractivity contribution is -0.132. The number of benzene rings is 1. The number of nitrogens with two attached hydrogens (primary N) is 1. The van der Waals surface area contributed by atoms with Crippen LogP contribution in [0.3, 0.4) is 0 Å². The zero-order chi connectivity index (χ0) is 13.9. The summed E-state index contributed by atoms with van der Waals surface area (Å²) in [6, 6.07) is 9.68. The third-order valence-corrected chi connectivity index (χ3v) is 3.82. The van der Waals surface area contributed by atoms with Gasteiger partial charge in [0.05, 0.1) is 6.26 Å². The highest BCUT2D eigenvalue weighted by atomic mass is 16.3. The van der Waals surface area contributed by atoms with Crippen molar-refractivity contribution in [2.45, 2.75) is 25.8 Å². The quantitative estimate of drug-likeness (QED) is 0.871. The average Bonchev–Trinajstić information content (AvgIpc) is 2.98. The fraction of sp³-hybridized carbons (Fsp3) is 0.312. The van der Waals surface area contributed by atoms with Crippen LogP contribution in [-0.2, 0) is 24.2 Å². The Labute approximate surface area is 118 Å². The van der Waals surface area contributed by atoms with Crippen LogP contribution in [-0.4, -0.2) is 17.4 Å². The molecule has 0 unspecified atom stereocenters. The Morgan fingerprint density at radius 2 is 2.20 bits per heavy atom. The second kappa shape index (κ2) is 5.41. The van der Waals surface area contributed by atoms with E-state index in [1.165, 1.54) is 11.1 Å². The van der Waals surface area contributed by atoms with Crippen molar-refractivity contribution in [2.75, 3.05) is 12.3 Å². The van der Waals surface area contributed by atoms with Crippen molar-refractivity contribution in [1.29, 1.82) is 0 Å². The first-order valence-corrected chi connectivity index (χ1v) is 6.90. The lowest BCUT2D eigenvalue weighted by Gasteiger charge is -2.29. The SMILES string of the molecule is Nc1cccc2c1CCN(C(=O)CCc1ccco1)C2. The van der Waals surface area contributed by atoms with E-state index >= 15 is 0 Å². The summed E-state index contributed by atoms with van der Waals surface area (Å²) in [7, 11) is 0. The molecule has 0 atom stereocenters. The average molecular weight is 270 g/mol. The maximum Gasteiger partial charge on any atom is 0.223 e. The number of nitrogen functional groups attached to an aromatic ring is 1. The molecule has 2 aromatic rings. The maximum absolute atomic E-state index is 12.2. The molecule has 4 heteroatoms. The Morgan fingerprint density at radius 1 is 1.30 bits per heavy atom. The number of carbonyl (C=O) groups is 1. The van der Waals surface area contributed by atoms with E-state index in [0.717, 1.165) is 24.4 Å². The molecule has 0 spiro atoms. The van der Waals surface area contributed by atoms with Crippen LogP contribution in [0.15, 0.2) is 41.0 Å². The van der Waals surface area contributed by atoms with Gasteiger partial charge in [0, 0.05) is 31.6 Å². The zero-order valence-corrected chi connectivity index (χ0v) is 11.3. The number of carbonyl (C=O) groups excluding carboxylic acids is 1. The fourth-order valence-electron chi connectivity index (χ4n) is 2.69. The predicted molar refractivity (Wildman–Crippen MR) is 77.0 cm³/mol. The van der Waals surface area contributed by atoms with Gasteiger partial charge in [0.15, 0.2) is 0 Å². The lowest BCUT2D eigenvalue weighted by atomic mass is 9.97. The van der Waals surface area contributed by atoms with Crippen molar-refractivity contribution in [3.05, 3.63) is 53.5 Å². The number of hydrogen-bond donors (Lipinski definition) is 1. The molecule has 0 radical (unpaired) electrons. The Morgan fingerprint density at radius 3 is 3.00 bits per heavy atom. The van der Waals surface area contributed by atoms with Crippen molar-refractivity contribution >= 4 is 11.6 Å². The topological polar surface area (TPSA) is 59.5 Å². The summed E-state index contributed by atoms with van der Waals surface area (Å²) < 4.78 is 5.26. The monoisotopic (exact) mass is 270 g/mol. The first-order chi connectivity index (χ1) is 9.74. The van der Waals surface area contributed by atoms with Crippen LogP contribution in [0.25, 0.3) is 0 Å². The molecule has 2 N–H and O–H groups in total. The van der Waals surface area contributed by atoms with Gasteiger partial charge in [-0.15, -0.1) is 0 Å². The fourth-order valence-corrected chi connectivity index (χ4v) is 2.69. The number of amides is 1. The van der Waals surface area contributed by atoms with E-state index < -0.39 is 0 Å². The molecule has 0 saturated heterocycles. The molecule has 0 fully saturated rings. The second-order valence-corrected chi connectivity index (χ2v) is 5.13.